The summed E-state index contributed by atoms with van der Waals surface area (Å²) in [4.78, 5) is 22.2. The molecule has 0 radical (unpaired) electrons. The number of nitrogens with one attached hydrogen (secondary N) is 3. The van der Waals surface area contributed by atoms with Crippen LogP contribution in [0.5, 0.6) is 0 Å². The number of carbonyl (C=O) groups excluding carboxylic acids is 1. The van der Waals surface area contributed by atoms with Crippen molar-refractivity contribution in [1.82, 2.24) is 14.9 Å². The van der Waals surface area contributed by atoms with Crippen molar-refractivity contribution in [3.05, 3.63) is 46.7 Å². The van der Waals surface area contributed by atoms with Crippen LogP contribution in [0.25, 0.3) is 0 Å². The zero-order valence-electron chi connectivity index (χ0n) is 16.1. The maximum Gasteiger partial charge on any atom is 0.271 e. The highest BCUT2D eigenvalue weighted by Crippen LogP contribution is 2.36. The number of hydrazone groups is 1. The number of halogens is 3. The number of likely N-dealkylation sites (tertiary alicyclic amines) is 1. The first kappa shape index (κ1) is 21.6. The molecule has 1 atom stereocenters. The molecule has 3 rings (SSSR count). The molecule has 1 aliphatic heterocycles. The molecule has 3 N–H and O–H groups in total. The normalized spacial score (nSPS) is 17.9. The zero-order valence-corrected chi connectivity index (χ0v) is 16.8. The minimum Gasteiger partial charge on any atom is -0.352 e. The highest BCUT2D eigenvalue weighted by Gasteiger charge is 2.50. The molecular formula is C19H20ClF2N7O. The molecule has 0 saturated carbocycles. The number of aryl methyl sites for hydroxylation is 1. The number of hydrogen-bond donors (Lipinski definition) is 3. The molecule has 8 nitrogen and oxygen atoms in total. The topological polar surface area (TPSA) is 106 Å². The van der Waals surface area contributed by atoms with E-state index in [-0.39, 0.29) is 24.6 Å². The van der Waals surface area contributed by atoms with Crippen molar-refractivity contribution in [2.75, 3.05) is 23.8 Å². The van der Waals surface area contributed by atoms with E-state index in [0.29, 0.717) is 10.7 Å². The largest absolute Gasteiger partial charge is 0.352 e. The Hall–Kier alpha value is -3.14. The van der Waals surface area contributed by atoms with Crippen LogP contribution in [-0.4, -0.2) is 58.3 Å². The van der Waals surface area contributed by atoms with Crippen LogP contribution in [0.3, 0.4) is 0 Å². The van der Waals surface area contributed by atoms with Gasteiger partial charge in [-0.15, -0.1) is 0 Å². The van der Waals surface area contributed by atoms with Crippen molar-refractivity contribution in [3.8, 4) is 0 Å². The second-order valence-corrected chi connectivity index (χ2v) is 7.12. The van der Waals surface area contributed by atoms with Crippen LogP contribution >= 0.6 is 11.6 Å². The molecule has 1 unspecified atom stereocenters. The minimum atomic E-state index is -3.06. The first-order chi connectivity index (χ1) is 14.3. The number of alkyl halides is 2. The molecule has 1 fully saturated rings. The lowest BCUT2D eigenvalue weighted by Gasteiger charge is -2.28. The third-order valence-electron chi connectivity index (χ3n) is 4.71. The summed E-state index contributed by atoms with van der Waals surface area (Å²) in [7, 11) is 0. The number of hydrogen-bond acceptors (Lipinski definition) is 7. The van der Waals surface area contributed by atoms with Gasteiger partial charge in [-0.1, -0.05) is 23.7 Å². The summed E-state index contributed by atoms with van der Waals surface area (Å²) < 4.78 is 29.1. The van der Waals surface area contributed by atoms with E-state index in [2.05, 4.69) is 25.8 Å². The van der Waals surface area contributed by atoms with Crippen molar-refractivity contribution in [3.63, 3.8) is 0 Å². The molecule has 0 spiro atoms. The number of aromatic nitrogens is 2. The summed E-state index contributed by atoms with van der Waals surface area (Å²) >= 11 is 5.74. The van der Waals surface area contributed by atoms with E-state index in [0.717, 1.165) is 16.7 Å². The van der Waals surface area contributed by atoms with Crippen molar-refractivity contribution in [1.29, 1.82) is 5.41 Å². The standard InChI is InChI=1S/C19H20ClF2N7O/c1-12-3-2-4-14(16(12)28-27-7-6-23)17(30)29-8-5-19(21,22)15(29)11-26-18-24-9-13(20)10-25-18/h2-4,6-7,9-10,15,23,28H,5,8,11H2,1H3,(H,24,25,26)/b23-6?,27-7-. The molecule has 2 aromatic rings. The Kier molecular flexibility index (Phi) is 6.56. The lowest BCUT2D eigenvalue weighted by Crippen LogP contribution is -2.47. The molecule has 30 heavy (non-hydrogen) atoms. The van der Waals surface area contributed by atoms with Gasteiger partial charge in [-0.05, 0) is 18.6 Å². The van der Waals surface area contributed by atoms with Gasteiger partial charge in [0.1, 0.15) is 6.04 Å². The molecule has 1 aliphatic rings. The Bertz CT molecular complexity index is 952. The molecule has 1 aromatic heterocycles. The van der Waals surface area contributed by atoms with Gasteiger partial charge in [-0.25, -0.2) is 18.7 Å². The van der Waals surface area contributed by atoms with Gasteiger partial charge < -0.3 is 15.6 Å². The van der Waals surface area contributed by atoms with E-state index in [9.17, 15) is 13.6 Å². The molecule has 0 bridgehead atoms. The fraction of sp³-hybridized carbons (Fsp3) is 0.316. The Balaban J connectivity index is 1.83. The smallest absolute Gasteiger partial charge is 0.271 e. The van der Waals surface area contributed by atoms with E-state index < -0.39 is 24.3 Å². The number of amides is 1. The van der Waals surface area contributed by atoms with Gasteiger partial charge in [-0.2, -0.15) is 5.10 Å². The summed E-state index contributed by atoms with van der Waals surface area (Å²) in [6.07, 6.45) is 4.46. The maximum absolute atomic E-state index is 14.6. The molecule has 1 aromatic carbocycles. The van der Waals surface area contributed by atoms with Crippen LogP contribution in [0.2, 0.25) is 5.02 Å². The Labute approximate surface area is 176 Å². The van der Waals surface area contributed by atoms with E-state index in [1.165, 1.54) is 18.6 Å². The van der Waals surface area contributed by atoms with Gasteiger partial charge in [0, 0.05) is 25.7 Å². The monoisotopic (exact) mass is 435 g/mol. The fourth-order valence-electron chi connectivity index (χ4n) is 3.20. The lowest BCUT2D eigenvalue weighted by molar-refractivity contribution is -0.0248. The zero-order chi connectivity index (χ0) is 21.7. The summed E-state index contributed by atoms with van der Waals surface area (Å²) in [5.41, 5.74) is 4.07. The number of anilines is 2. The Morgan fingerprint density at radius 2 is 2.17 bits per heavy atom. The third-order valence-corrected chi connectivity index (χ3v) is 4.91. The second-order valence-electron chi connectivity index (χ2n) is 6.69. The molecule has 0 aliphatic carbocycles. The van der Waals surface area contributed by atoms with E-state index >= 15 is 0 Å². The van der Waals surface area contributed by atoms with Crippen LogP contribution in [0, 0.1) is 12.3 Å². The minimum absolute atomic E-state index is 0.0865. The number of benzene rings is 1. The van der Waals surface area contributed by atoms with Gasteiger partial charge in [-0.3, -0.25) is 10.2 Å². The first-order valence-corrected chi connectivity index (χ1v) is 9.49. The van der Waals surface area contributed by atoms with Crippen LogP contribution in [-0.2, 0) is 0 Å². The number of para-hydroxylation sites is 1. The summed E-state index contributed by atoms with van der Waals surface area (Å²) in [6, 6.07) is 3.63. The number of carbonyl (C=O) groups is 1. The summed E-state index contributed by atoms with van der Waals surface area (Å²) in [5.74, 6) is -3.45. The van der Waals surface area contributed by atoms with Crippen molar-refractivity contribution in [2.24, 2.45) is 5.10 Å². The molecule has 1 saturated heterocycles. The second kappa shape index (κ2) is 9.12. The molecular weight excluding hydrogens is 416 g/mol. The van der Waals surface area contributed by atoms with E-state index in [1.54, 1.807) is 25.1 Å². The van der Waals surface area contributed by atoms with Gasteiger partial charge in [0.15, 0.2) is 0 Å². The summed E-state index contributed by atoms with van der Waals surface area (Å²) in [6.45, 7) is 1.46. The van der Waals surface area contributed by atoms with Crippen LogP contribution in [0.4, 0.5) is 20.4 Å². The maximum atomic E-state index is 14.6. The molecule has 1 amide bonds. The van der Waals surface area contributed by atoms with Gasteiger partial charge in [0.25, 0.3) is 11.8 Å². The predicted molar refractivity (Wildman–Crippen MR) is 112 cm³/mol. The average molecular weight is 436 g/mol. The van der Waals surface area contributed by atoms with Crippen molar-refractivity contribution < 1.29 is 13.6 Å². The number of nitrogens with zero attached hydrogens (tertiary/aromatic N) is 4. The SMILES string of the molecule is Cc1cccc(C(=O)N2CCC(F)(F)C2CNc2ncc(Cl)cn2)c1N/N=C\C=N. The fourth-order valence-corrected chi connectivity index (χ4v) is 3.30. The van der Waals surface area contributed by atoms with Crippen LogP contribution in [0.1, 0.15) is 22.3 Å². The highest BCUT2D eigenvalue weighted by atomic mass is 35.5. The van der Waals surface area contributed by atoms with Crippen molar-refractivity contribution in [2.45, 2.75) is 25.3 Å². The quantitative estimate of drug-likeness (QED) is 0.456. The van der Waals surface area contributed by atoms with Crippen molar-refractivity contribution >= 4 is 41.6 Å². The number of rotatable bonds is 7. The Morgan fingerprint density at radius 1 is 1.43 bits per heavy atom. The van der Waals surface area contributed by atoms with Gasteiger partial charge in [0.05, 0.1) is 34.9 Å². The lowest BCUT2D eigenvalue weighted by atomic mass is 10.1. The molecule has 158 valence electrons. The highest BCUT2D eigenvalue weighted by molar-refractivity contribution is 6.30. The van der Waals surface area contributed by atoms with E-state index in [1.807, 2.05) is 0 Å². The summed E-state index contributed by atoms with van der Waals surface area (Å²) in [5, 5.41) is 13.9. The average Bonchev–Trinajstić information content (AvgIpc) is 3.02. The molecule has 11 heteroatoms. The van der Waals surface area contributed by atoms with Crippen LogP contribution in [0.15, 0.2) is 35.7 Å². The third kappa shape index (κ3) is 4.70. The predicted octanol–water partition coefficient (Wildman–Crippen LogP) is 3.45. The van der Waals surface area contributed by atoms with Gasteiger partial charge in [0.2, 0.25) is 5.95 Å². The van der Waals surface area contributed by atoms with Crippen LogP contribution < -0.4 is 10.7 Å². The Morgan fingerprint density at radius 3 is 2.87 bits per heavy atom. The van der Waals surface area contributed by atoms with Gasteiger partial charge >= 0.3 is 0 Å². The molecule has 2 heterocycles. The van der Waals surface area contributed by atoms with E-state index in [4.69, 9.17) is 17.0 Å². The first-order valence-electron chi connectivity index (χ1n) is 9.11.